The lowest BCUT2D eigenvalue weighted by Crippen LogP contribution is -2.34. The van der Waals surface area contributed by atoms with E-state index in [0.717, 1.165) is 63.4 Å². The van der Waals surface area contributed by atoms with E-state index >= 15 is 0 Å². The second-order valence-electron chi connectivity index (χ2n) is 21.2. The predicted molar refractivity (Wildman–Crippen MR) is 278 cm³/mol. The number of para-hydroxylation sites is 1. The Balaban J connectivity index is 1.05. The monoisotopic (exact) mass is 876 g/mol. The van der Waals surface area contributed by atoms with Gasteiger partial charge in [-0.2, -0.15) is 0 Å². The molecule has 0 radical (unpaired) electrons. The van der Waals surface area contributed by atoms with Crippen molar-refractivity contribution in [2.24, 2.45) is 0 Å². The van der Waals surface area contributed by atoms with Crippen LogP contribution in [0.5, 0.6) is 11.5 Å². The zero-order valence-corrected chi connectivity index (χ0v) is 40.4. The molecule has 5 heteroatoms. The van der Waals surface area contributed by atoms with Crippen molar-refractivity contribution in [2.75, 3.05) is 0 Å². The molecule has 10 rings (SSSR count). The number of rotatable bonds is 9. The lowest BCUT2D eigenvalue weighted by Gasteiger charge is -2.26. The summed E-state index contributed by atoms with van der Waals surface area (Å²) in [6.07, 6.45) is 6.64. The van der Waals surface area contributed by atoms with Gasteiger partial charge >= 0.3 is 0 Å². The molecule has 10 aromatic rings. The molecule has 0 aliphatic rings. The second-order valence-corrected chi connectivity index (χ2v) is 21.2. The van der Waals surface area contributed by atoms with Gasteiger partial charge in [0, 0.05) is 29.5 Å². The number of aromatic nitrogens is 4. The maximum Gasteiger partial charge on any atom is 0.244 e. The van der Waals surface area contributed by atoms with E-state index in [4.69, 9.17) is 9.72 Å². The predicted octanol–water partition coefficient (Wildman–Crippen LogP) is 15.5. The highest BCUT2D eigenvalue weighted by Crippen LogP contribution is 2.39. The number of fused-ring (bicyclic) bond motifs is 4. The third-order valence-electron chi connectivity index (χ3n) is 13.2. The molecule has 0 bridgehead atoms. The van der Waals surface area contributed by atoms with Gasteiger partial charge in [-0.3, -0.25) is 4.57 Å². The van der Waals surface area contributed by atoms with E-state index in [1.807, 2.05) is 12.3 Å². The van der Waals surface area contributed by atoms with Gasteiger partial charge in [-0.25, -0.2) is 4.98 Å². The third kappa shape index (κ3) is 8.67. The first-order valence-electron chi connectivity index (χ1n) is 23.6. The maximum absolute atomic E-state index is 6.83. The number of ether oxygens (including phenoxy) is 1. The van der Waals surface area contributed by atoms with E-state index in [0.29, 0.717) is 0 Å². The van der Waals surface area contributed by atoms with Crippen molar-refractivity contribution in [3.63, 3.8) is 0 Å². The van der Waals surface area contributed by atoms with Crippen LogP contribution in [0.4, 0.5) is 0 Å². The molecule has 0 saturated heterocycles. The summed E-state index contributed by atoms with van der Waals surface area (Å²) in [5.41, 5.74) is 15.5. The van der Waals surface area contributed by atoms with Gasteiger partial charge in [0.1, 0.15) is 17.3 Å². The fraction of sp³-hybridized carbons (Fsp3) is 0.226. The molecule has 0 aliphatic carbocycles. The number of aryl methyl sites for hydroxylation is 2. The van der Waals surface area contributed by atoms with Crippen LogP contribution in [0.15, 0.2) is 176 Å². The summed E-state index contributed by atoms with van der Waals surface area (Å²) < 4.78 is 13.6. The lowest BCUT2D eigenvalue weighted by molar-refractivity contribution is -0.675. The third-order valence-corrected chi connectivity index (χ3v) is 13.2. The van der Waals surface area contributed by atoms with Crippen LogP contribution in [-0.4, -0.2) is 14.1 Å². The Morgan fingerprint density at radius 1 is 0.507 bits per heavy atom. The lowest BCUT2D eigenvalue weighted by atomic mass is 9.79. The highest BCUT2D eigenvalue weighted by molar-refractivity contribution is 6.10. The molecule has 3 heterocycles. The van der Waals surface area contributed by atoms with Crippen molar-refractivity contribution in [1.82, 2.24) is 14.1 Å². The number of hydrogen-bond acceptors (Lipinski definition) is 2. The Bertz CT molecular complexity index is 3390. The molecule has 0 amide bonds. The van der Waals surface area contributed by atoms with Crippen LogP contribution in [0.3, 0.4) is 0 Å². The molecule has 0 fully saturated rings. The standard InChI is InChI=1S/C62H60N4O/c1-60(2,3)46-30-32-63-58(38-46)66-55-29-26-45(43-18-12-10-13-19-43)36-54(55)53-28-27-51(40-57(53)66)67-50-23-16-22-49(39-50)65-41-64(59-52(24-17-25-56(59)65)44-20-14-11-15-21-44)33-31-42-34-47(61(4,5)6)37-48(35-42)62(7,8)9/h10-30,32,34-40H,31,33H2,1-9H3. The van der Waals surface area contributed by atoms with E-state index < -0.39 is 0 Å². The van der Waals surface area contributed by atoms with Gasteiger partial charge < -0.3 is 13.9 Å². The van der Waals surface area contributed by atoms with Crippen LogP contribution in [0, 0.1) is 6.33 Å². The first kappa shape index (κ1) is 43.6. The van der Waals surface area contributed by atoms with Gasteiger partial charge in [-0.1, -0.05) is 178 Å². The van der Waals surface area contributed by atoms with Gasteiger partial charge in [-0.05, 0) is 109 Å². The molecular weight excluding hydrogens is 817 g/mol. The van der Waals surface area contributed by atoms with E-state index in [-0.39, 0.29) is 16.2 Å². The van der Waals surface area contributed by atoms with E-state index in [1.54, 1.807) is 0 Å². The van der Waals surface area contributed by atoms with Gasteiger partial charge in [0.05, 0.1) is 34.3 Å². The molecular formula is C62H60N4O. The Labute approximate surface area is 396 Å². The van der Waals surface area contributed by atoms with Gasteiger partial charge in [0.25, 0.3) is 0 Å². The number of hydrogen-bond donors (Lipinski definition) is 0. The SMILES string of the molecule is CC(C)(C)c1cc(CC[n+]2[c-]n(-c3cccc(Oc4ccc5c6cc(-c7ccccc7)ccc6n(-c6cc(C(C)(C)C)ccn6)c5c4)c3)c3cccc(-c4ccccc4)c32)cc(C(C)(C)C)c1. The van der Waals surface area contributed by atoms with Crippen molar-refractivity contribution in [2.45, 2.75) is 91.5 Å². The molecule has 0 atom stereocenters. The first-order valence-corrected chi connectivity index (χ1v) is 23.6. The minimum Gasteiger partial charge on any atom is -0.458 e. The molecule has 334 valence electrons. The summed E-state index contributed by atoms with van der Waals surface area (Å²) in [6, 6.07) is 61.0. The molecule has 3 aromatic heterocycles. The molecule has 7 aromatic carbocycles. The van der Waals surface area contributed by atoms with Crippen molar-refractivity contribution in [3.8, 4) is 45.3 Å². The van der Waals surface area contributed by atoms with Crippen LogP contribution in [-0.2, 0) is 29.2 Å². The van der Waals surface area contributed by atoms with Crippen LogP contribution in [0.1, 0.15) is 84.6 Å². The van der Waals surface area contributed by atoms with Crippen LogP contribution >= 0.6 is 0 Å². The summed E-state index contributed by atoms with van der Waals surface area (Å²) in [5.74, 6) is 2.38. The summed E-state index contributed by atoms with van der Waals surface area (Å²) in [7, 11) is 0. The van der Waals surface area contributed by atoms with E-state index in [2.05, 4.69) is 246 Å². The zero-order chi connectivity index (χ0) is 46.7. The van der Waals surface area contributed by atoms with Crippen LogP contribution in [0.25, 0.3) is 66.6 Å². The number of nitrogens with zero attached hydrogens (tertiary/aromatic N) is 4. The molecule has 0 aliphatic heterocycles. The largest absolute Gasteiger partial charge is 0.458 e. The molecule has 0 saturated carbocycles. The van der Waals surface area contributed by atoms with E-state index in [9.17, 15) is 0 Å². The van der Waals surface area contributed by atoms with Gasteiger partial charge in [-0.15, -0.1) is 0 Å². The number of imidazole rings is 1. The minimum atomic E-state index is -0.0325. The summed E-state index contributed by atoms with van der Waals surface area (Å²) in [5, 5.41) is 2.31. The Morgan fingerprint density at radius 2 is 1.18 bits per heavy atom. The Kier molecular flexibility index (Phi) is 11.0. The van der Waals surface area contributed by atoms with Gasteiger partial charge in [0.15, 0.2) is 0 Å². The fourth-order valence-electron chi connectivity index (χ4n) is 9.32. The minimum absolute atomic E-state index is 0.0325. The molecule has 0 unspecified atom stereocenters. The molecule has 0 spiro atoms. The van der Waals surface area contributed by atoms with Crippen molar-refractivity contribution < 1.29 is 9.30 Å². The van der Waals surface area contributed by atoms with Gasteiger partial charge in [0.2, 0.25) is 6.33 Å². The second kappa shape index (κ2) is 16.9. The summed E-state index contributed by atoms with van der Waals surface area (Å²) in [6.45, 7) is 21.4. The Morgan fingerprint density at radius 3 is 1.88 bits per heavy atom. The smallest absolute Gasteiger partial charge is 0.244 e. The average Bonchev–Trinajstić information content (AvgIpc) is 3.86. The van der Waals surface area contributed by atoms with Crippen molar-refractivity contribution in [1.29, 1.82) is 0 Å². The summed E-state index contributed by atoms with van der Waals surface area (Å²) >= 11 is 0. The Hall–Kier alpha value is -7.24. The fourth-order valence-corrected chi connectivity index (χ4v) is 9.32. The number of pyridine rings is 1. The molecule has 0 N–H and O–H groups in total. The average molecular weight is 877 g/mol. The first-order chi connectivity index (χ1) is 32.1. The van der Waals surface area contributed by atoms with Crippen molar-refractivity contribution >= 4 is 32.8 Å². The topological polar surface area (TPSA) is 35.9 Å². The zero-order valence-electron chi connectivity index (χ0n) is 40.4. The van der Waals surface area contributed by atoms with Crippen molar-refractivity contribution in [3.05, 3.63) is 205 Å². The summed E-state index contributed by atoms with van der Waals surface area (Å²) in [4.78, 5) is 4.96. The normalized spacial score (nSPS) is 12.4. The highest BCUT2D eigenvalue weighted by atomic mass is 16.5. The van der Waals surface area contributed by atoms with Crippen LogP contribution < -0.4 is 9.30 Å². The molecule has 5 nitrogen and oxygen atoms in total. The highest BCUT2D eigenvalue weighted by Gasteiger charge is 2.23. The quantitative estimate of drug-likeness (QED) is 0.107. The number of benzene rings is 7. The van der Waals surface area contributed by atoms with Crippen LogP contribution in [0.2, 0.25) is 0 Å². The van der Waals surface area contributed by atoms with E-state index in [1.165, 1.54) is 49.9 Å². The molecule has 67 heavy (non-hydrogen) atoms. The maximum atomic E-state index is 6.83.